The highest BCUT2D eigenvalue weighted by atomic mass is 16.4. The lowest BCUT2D eigenvalue weighted by molar-refractivity contribution is -0.126. The van der Waals surface area contributed by atoms with Gasteiger partial charge in [0.2, 0.25) is 5.91 Å². The Hall–Kier alpha value is -2.67. The van der Waals surface area contributed by atoms with Crippen LogP contribution >= 0.6 is 0 Å². The van der Waals surface area contributed by atoms with E-state index in [-0.39, 0.29) is 30.2 Å². The number of hydrogen-bond acceptors (Lipinski definition) is 5. The highest BCUT2D eigenvalue weighted by Gasteiger charge is 2.29. The zero-order valence-electron chi connectivity index (χ0n) is 14.2. The first-order valence-corrected chi connectivity index (χ1v) is 8.41. The van der Waals surface area contributed by atoms with Crippen molar-refractivity contribution in [1.29, 1.82) is 0 Å². The first kappa shape index (κ1) is 17.2. The molecule has 0 saturated carbocycles. The van der Waals surface area contributed by atoms with Crippen molar-refractivity contribution < 1.29 is 14.0 Å². The molecule has 1 atom stereocenters. The lowest BCUT2D eigenvalue weighted by atomic mass is 10.1. The van der Waals surface area contributed by atoms with Gasteiger partial charge in [0.15, 0.2) is 5.76 Å². The number of pyridine rings is 1. The fourth-order valence-electron chi connectivity index (χ4n) is 3.05. The molecular weight excluding hydrogens is 320 g/mol. The van der Waals surface area contributed by atoms with E-state index in [4.69, 9.17) is 4.42 Å². The molecule has 2 aromatic heterocycles. The fraction of sp³-hybridized carbons (Fsp3) is 0.389. The van der Waals surface area contributed by atoms with Gasteiger partial charge < -0.3 is 15.1 Å². The number of rotatable bonds is 6. The maximum Gasteiger partial charge on any atom is 0.286 e. The van der Waals surface area contributed by atoms with E-state index in [0.29, 0.717) is 5.76 Å². The van der Waals surface area contributed by atoms with Crippen LogP contribution in [-0.4, -0.2) is 41.8 Å². The predicted octanol–water partition coefficient (Wildman–Crippen LogP) is 1.49. The third-order valence-electron chi connectivity index (χ3n) is 4.30. The van der Waals surface area contributed by atoms with Crippen LogP contribution in [0.3, 0.4) is 0 Å². The van der Waals surface area contributed by atoms with Crippen molar-refractivity contribution in [3.8, 4) is 0 Å². The summed E-state index contributed by atoms with van der Waals surface area (Å²) >= 11 is 0. The summed E-state index contributed by atoms with van der Waals surface area (Å²) in [6, 6.07) is 6.70. The van der Waals surface area contributed by atoms with Gasteiger partial charge in [-0.2, -0.15) is 0 Å². The summed E-state index contributed by atoms with van der Waals surface area (Å²) in [5.74, 6) is 0.393. The second kappa shape index (κ2) is 7.94. The molecule has 1 aliphatic heterocycles. The van der Waals surface area contributed by atoms with Gasteiger partial charge in [0.25, 0.3) is 5.91 Å². The summed E-state index contributed by atoms with van der Waals surface area (Å²) in [6.07, 6.45) is 5.63. The van der Waals surface area contributed by atoms with Crippen molar-refractivity contribution in [1.82, 2.24) is 20.5 Å². The Morgan fingerprint density at radius 3 is 2.76 bits per heavy atom. The van der Waals surface area contributed by atoms with E-state index in [2.05, 4.69) is 20.5 Å². The van der Waals surface area contributed by atoms with E-state index >= 15 is 0 Å². The number of nitrogens with one attached hydrogen (secondary N) is 2. The Bertz CT molecular complexity index is 723. The maximum absolute atomic E-state index is 12.8. The average Bonchev–Trinajstić information content (AvgIpc) is 3.32. The monoisotopic (exact) mass is 342 g/mol. The number of nitrogens with zero attached hydrogens (tertiary/aromatic N) is 2. The number of amides is 2. The molecule has 1 aliphatic rings. The number of hydrogen-bond donors (Lipinski definition) is 2. The lowest BCUT2D eigenvalue weighted by Gasteiger charge is -2.26. The molecule has 0 unspecified atom stereocenters. The Balaban J connectivity index is 1.68. The molecule has 2 N–H and O–H groups in total. The third kappa shape index (κ3) is 4.06. The molecule has 7 heteroatoms. The fourth-order valence-corrected chi connectivity index (χ4v) is 3.05. The van der Waals surface area contributed by atoms with Crippen molar-refractivity contribution in [2.45, 2.75) is 25.4 Å². The second-order valence-corrected chi connectivity index (χ2v) is 5.99. The molecule has 2 amide bonds. The molecule has 1 fully saturated rings. The number of likely N-dealkylation sites (tertiary alicyclic amines) is 1. The Morgan fingerprint density at radius 2 is 2.08 bits per heavy atom. The largest absolute Gasteiger partial charge is 0.454 e. The minimum atomic E-state index is -0.357. The molecule has 1 saturated heterocycles. The topological polar surface area (TPSA) is 87.5 Å². The molecular formula is C18H22N4O3. The summed E-state index contributed by atoms with van der Waals surface area (Å²) < 4.78 is 5.44. The number of carbonyl (C=O) groups excluding carboxylic acids is 2. The molecule has 25 heavy (non-hydrogen) atoms. The molecule has 0 radical (unpaired) electrons. The van der Waals surface area contributed by atoms with Crippen LogP contribution in [0.2, 0.25) is 0 Å². The molecule has 0 aromatic carbocycles. The smallest absolute Gasteiger partial charge is 0.286 e. The number of aromatic nitrogens is 1. The van der Waals surface area contributed by atoms with Gasteiger partial charge in [-0.1, -0.05) is 6.07 Å². The summed E-state index contributed by atoms with van der Waals surface area (Å²) in [4.78, 5) is 30.6. The van der Waals surface area contributed by atoms with Gasteiger partial charge in [-0.25, -0.2) is 0 Å². The van der Waals surface area contributed by atoms with Crippen LogP contribution in [0.1, 0.15) is 40.8 Å². The molecule has 0 aliphatic carbocycles. The quantitative estimate of drug-likeness (QED) is 0.830. The first-order chi connectivity index (χ1) is 12.2. The van der Waals surface area contributed by atoms with Crippen molar-refractivity contribution in [3.05, 3.63) is 53.7 Å². The molecule has 7 nitrogen and oxygen atoms in total. The lowest BCUT2D eigenvalue weighted by Crippen LogP contribution is -2.39. The molecule has 3 heterocycles. The normalized spacial score (nSPS) is 15.7. The standard InChI is InChI=1S/C18H22N4O3/c1-19-17(23)15-7-6-14(25-15)12-21-18(24)16(22-9-2-3-10-22)13-5-4-8-20-11-13/h4-8,11,16H,2-3,9-10,12H2,1H3,(H,19,23)(H,21,24)/t16-/m0/s1. The molecule has 132 valence electrons. The summed E-state index contributed by atoms with van der Waals surface area (Å²) in [5, 5.41) is 5.41. The van der Waals surface area contributed by atoms with E-state index in [9.17, 15) is 9.59 Å². The Morgan fingerprint density at radius 1 is 1.28 bits per heavy atom. The van der Waals surface area contributed by atoms with Crippen LogP contribution in [0, 0.1) is 0 Å². The first-order valence-electron chi connectivity index (χ1n) is 8.41. The van der Waals surface area contributed by atoms with Gasteiger partial charge in [-0.15, -0.1) is 0 Å². The van der Waals surface area contributed by atoms with Crippen molar-refractivity contribution >= 4 is 11.8 Å². The van der Waals surface area contributed by atoms with E-state index in [1.165, 1.54) is 0 Å². The van der Waals surface area contributed by atoms with Crippen LogP contribution < -0.4 is 10.6 Å². The van der Waals surface area contributed by atoms with Crippen molar-refractivity contribution in [3.63, 3.8) is 0 Å². The summed E-state index contributed by atoms with van der Waals surface area (Å²) in [5.41, 5.74) is 0.882. The average molecular weight is 342 g/mol. The van der Waals surface area contributed by atoms with Crippen LogP contribution in [0.25, 0.3) is 0 Å². The van der Waals surface area contributed by atoms with E-state index in [1.54, 1.807) is 31.6 Å². The van der Waals surface area contributed by atoms with Gasteiger partial charge in [-0.3, -0.25) is 19.5 Å². The molecule has 2 aromatic rings. The third-order valence-corrected chi connectivity index (χ3v) is 4.30. The van der Waals surface area contributed by atoms with E-state index in [1.807, 2.05) is 12.1 Å². The summed E-state index contributed by atoms with van der Waals surface area (Å²) in [7, 11) is 1.54. The van der Waals surface area contributed by atoms with Crippen molar-refractivity contribution in [2.24, 2.45) is 0 Å². The van der Waals surface area contributed by atoms with Crippen molar-refractivity contribution in [2.75, 3.05) is 20.1 Å². The highest BCUT2D eigenvalue weighted by Crippen LogP contribution is 2.25. The zero-order valence-corrected chi connectivity index (χ0v) is 14.2. The maximum atomic E-state index is 12.8. The Kier molecular flexibility index (Phi) is 5.45. The van der Waals surface area contributed by atoms with Gasteiger partial charge in [0.05, 0.1) is 6.54 Å². The molecule has 3 rings (SSSR count). The Labute approximate surface area is 146 Å². The van der Waals surface area contributed by atoms with Crippen LogP contribution in [0.5, 0.6) is 0 Å². The van der Waals surface area contributed by atoms with Crippen LogP contribution in [0.15, 0.2) is 41.1 Å². The SMILES string of the molecule is CNC(=O)c1ccc(CNC(=O)[C@H](c2cccnc2)N2CCCC2)o1. The summed E-state index contributed by atoms with van der Waals surface area (Å²) in [6.45, 7) is 2.03. The van der Waals surface area contributed by atoms with E-state index in [0.717, 1.165) is 31.5 Å². The number of carbonyl (C=O) groups is 2. The van der Waals surface area contributed by atoms with Gasteiger partial charge in [0.1, 0.15) is 11.8 Å². The zero-order chi connectivity index (χ0) is 17.6. The van der Waals surface area contributed by atoms with E-state index < -0.39 is 0 Å². The minimum absolute atomic E-state index is 0.0900. The molecule has 0 spiro atoms. The second-order valence-electron chi connectivity index (χ2n) is 5.99. The molecule has 0 bridgehead atoms. The van der Waals surface area contributed by atoms with Crippen LogP contribution in [0.4, 0.5) is 0 Å². The van der Waals surface area contributed by atoms with Gasteiger partial charge >= 0.3 is 0 Å². The number of furan rings is 1. The minimum Gasteiger partial charge on any atom is -0.454 e. The predicted molar refractivity (Wildman–Crippen MR) is 91.7 cm³/mol. The van der Waals surface area contributed by atoms with Crippen LogP contribution in [-0.2, 0) is 11.3 Å². The van der Waals surface area contributed by atoms with Gasteiger partial charge in [0, 0.05) is 19.4 Å². The highest BCUT2D eigenvalue weighted by molar-refractivity contribution is 5.91. The van der Waals surface area contributed by atoms with Gasteiger partial charge in [-0.05, 0) is 49.7 Å².